The van der Waals surface area contributed by atoms with Crippen LogP contribution in [0.4, 0.5) is 0 Å². The molecule has 0 spiro atoms. The number of nitrogens with zero attached hydrogens (tertiary/aromatic N) is 3. The number of aromatic nitrogens is 2. The van der Waals surface area contributed by atoms with Gasteiger partial charge in [0.05, 0.1) is 11.4 Å². The topological polar surface area (TPSA) is 48.6 Å². The molecule has 0 saturated heterocycles. The molecule has 0 atom stereocenters. The molecule has 0 fully saturated rings. The molecule has 0 aliphatic rings. The van der Waals surface area contributed by atoms with E-state index in [1.54, 1.807) is 4.68 Å². The molecule has 1 aromatic carbocycles. The van der Waals surface area contributed by atoms with E-state index in [2.05, 4.69) is 15.1 Å². The lowest BCUT2D eigenvalue weighted by molar-refractivity contribution is 0.209. The largest absolute Gasteiger partial charge is 0.470 e. The lowest BCUT2D eigenvalue weighted by Crippen LogP contribution is -2.08. The molecule has 0 amide bonds. The van der Waals surface area contributed by atoms with Crippen molar-refractivity contribution in [3.05, 3.63) is 42.6 Å². The van der Waals surface area contributed by atoms with E-state index in [-0.39, 0.29) is 0 Å². The Kier molecular flexibility index (Phi) is 3.96. The third-order valence-electron chi connectivity index (χ3n) is 2.26. The molecule has 1 aromatic heterocycles. The summed E-state index contributed by atoms with van der Waals surface area (Å²) in [6, 6.07) is 11.7. The molecule has 2 rings (SSSR count). The molecule has 0 saturated carbocycles. The third kappa shape index (κ3) is 3.10. The molecule has 5 heteroatoms. The number of rotatable bonds is 5. The van der Waals surface area contributed by atoms with Crippen LogP contribution in [-0.2, 0) is 4.84 Å². The molecular formula is C13H15N3O2. The number of hydrogen-bond donors (Lipinski definition) is 0. The maximum absolute atomic E-state index is 5.48. The van der Waals surface area contributed by atoms with E-state index in [4.69, 9.17) is 4.74 Å². The highest BCUT2D eigenvalue weighted by atomic mass is 16.6. The Balaban J connectivity index is 2.01. The van der Waals surface area contributed by atoms with Gasteiger partial charge in [0.2, 0.25) is 5.88 Å². The average Bonchev–Trinajstić information content (AvgIpc) is 2.87. The van der Waals surface area contributed by atoms with E-state index in [0.29, 0.717) is 12.5 Å². The first kappa shape index (κ1) is 12.2. The zero-order valence-corrected chi connectivity index (χ0v) is 10.4. The summed E-state index contributed by atoms with van der Waals surface area (Å²) in [5, 5.41) is 8.07. The minimum absolute atomic E-state index is 0.361. The SMILES string of the molecule is CO/N=C(\C)COc1ccn(-c2ccccc2)n1. The minimum Gasteiger partial charge on any atom is -0.470 e. The monoisotopic (exact) mass is 245 g/mol. The van der Waals surface area contributed by atoms with Gasteiger partial charge in [0, 0.05) is 12.3 Å². The highest BCUT2D eigenvalue weighted by Gasteiger charge is 2.02. The van der Waals surface area contributed by atoms with Gasteiger partial charge in [-0.15, -0.1) is 5.10 Å². The van der Waals surface area contributed by atoms with E-state index < -0.39 is 0 Å². The van der Waals surface area contributed by atoms with E-state index in [9.17, 15) is 0 Å². The van der Waals surface area contributed by atoms with Crippen LogP contribution in [0, 0.1) is 0 Å². The van der Waals surface area contributed by atoms with Crippen LogP contribution in [0.15, 0.2) is 47.8 Å². The number of ether oxygens (including phenoxy) is 1. The lowest BCUT2D eigenvalue weighted by Gasteiger charge is -2.02. The Labute approximate surface area is 106 Å². The molecule has 0 N–H and O–H groups in total. The highest BCUT2D eigenvalue weighted by molar-refractivity contribution is 5.82. The van der Waals surface area contributed by atoms with Gasteiger partial charge in [0.1, 0.15) is 13.7 Å². The zero-order valence-electron chi connectivity index (χ0n) is 10.4. The van der Waals surface area contributed by atoms with E-state index in [1.807, 2.05) is 49.5 Å². The van der Waals surface area contributed by atoms with Crippen LogP contribution in [0.1, 0.15) is 6.92 Å². The molecule has 18 heavy (non-hydrogen) atoms. The van der Waals surface area contributed by atoms with Crippen molar-refractivity contribution in [3.63, 3.8) is 0 Å². The number of benzene rings is 1. The Hall–Kier alpha value is -2.30. The first-order valence-corrected chi connectivity index (χ1v) is 5.60. The van der Waals surface area contributed by atoms with Gasteiger partial charge in [0.15, 0.2) is 0 Å². The smallest absolute Gasteiger partial charge is 0.233 e. The Morgan fingerprint density at radius 3 is 2.78 bits per heavy atom. The van der Waals surface area contributed by atoms with Crippen LogP contribution in [0.3, 0.4) is 0 Å². The van der Waals surface area contributed by atoms with Gasteiger partial charge in [-0.05, 0) is 19.1 Å². The van der Waals surface area contributed by atoms with Crippen molar-refractivity contribution in [2.75, 3.05) is 13.7 Å². The zero-order chi connectivity index (χ0) is 12.8. The molecule has 5 nitrogen and oxygen atoms in total. The minimum atomic E-state index is 0.361. The number of para-hydroxylation sites is 1. The Bertz CT molecular complexity index is 520. The van der Waals surface area contributed by atoms with Gasteiger partial charge in [-0.25, -0.2) is 4.68 Å². The van der Waals surface area contributed by atoms with Crippen molar-refractivity contribution in [2.24, 2.45) is 5.16 Å². The van der Waals surface area contributed by atoms with Gasteiger partial charge in [-0.2, -0.15) is 0 Å². The fourth-order valence-corrected chi connectivity index (χ4v) is 1.47. The summed E-state index contributed by atoms with van der Waals surface area (Å²) in [5.41, 5.74) is 1.75. The van der Waals surface area contributed by atoms with Gasteiger partial charge >= 0.3 is 0 Å². The maximum Gasteiger partial charge on any atom is 0.233 e. The van der Waals surface area contributed by atoms with Crippen LogP contribution >= 0.6 is 0 Å². The second-order valence-electron chi connectivity index (χ2n) is 3.73. The van der Waals surface area contributed by atoms with Gasteiger partial charge < -0.3 is 9.57 Å². The van der Waals surface area contributed by atoms with Crippen molar-refractivity contribution >= 4 is 5.71 Å². The molecule has 0 radical (unpaired) electrons. The van der Waals surface area contributed by atoms with Gasteiger partial charge in [-0.1, -0.05) is 23.4 Å². The summed E-state index contributed by atoms with van der Waals surface area (Å²) in [4.78, 5) is 4.65. The summed E-state index contributed by atoms with van der Waals surface area (Å²) >= 11 is 0. The second kappa shape index (κ2) is 5.86. The summed E-state index contributed by atoms with van der Waals surface area (Å²) in [7, 11) is 1.51. The van der Waals surface area contributed by atoms with Crippen LogP contribution in [-0.4, -0.2) is 29.2 Å². The van der Waals surface area contributed by atoms with Crippen molar-refractivity contribution in [3.8, 4) is 11.6 Å². The summed E-state index contributed by atoms with van der Waals surface area (Å²) in [5.74, 6) is 0.560. The molecular weight excluding hydrogens is 230 g/mol. The quantitative estimate of drug-likeness (QED) is 0.599. The number of oxime groups is 1. The van der Waals surface area contributed by atoms with Crippen molar-refractivity contribution in [1.82, 2.24) is 9.78 Å². The fraction of sp³-hybridized carbons (Fsp3) is 0.231. The Morgan fingerprint density at radius 2 is 2.06 bits per heavy atom. The normalized spacial score (nSPS) is 11.3. The average molecular weight is 245 g/mol. The molecule has 0 unspecified atom stereocenters. The molecule has 94 valence electrons. The lowest BCUT2D eigenvalue weighted by atomic mass is 10.3. The summed E-state index contributed by atoms with van der Waals surface area (Å²) in [6.45, 7) is 2.19. The molecule has 2 aromatic rings. The van der Waals surface area contributed by atoms with Crippen molar-refractivity contribution < 1.29 is 9.57 Å². The van der Waals surface area contributed by atoms with E-state index >= 15 is 0 Å². The molecule has 0 bridgehead atoms. The molecule has 0 aliphatic carbocycles. The van der Waals surface area contributed by atoms with Crippen LogP contribution < -0.4 is 4.74 Å². The van der Waals surface area contributed by atoms with Crippen LogP contribution in [0.5, 0.6) is 5.88 Å². The standard InChI is InChI=1S/C13H15N3O2/c1-11(15-17-2)10-18-13-8-9-16(14-13)12-6-4-3-5-7-12/h3-9H,10H2,1-2H3/b15-11+. The Morgan fingerprint density at radius 1 is 1.28 bits per heavy atom. The number of hydrogen-bond acceptors (Lipinski definition) is 4. The van der Waals surface area contributed by atoms with Crippen molar-refractivity contribution in [2.45, 2.75) is 6.92 Å². The predicted octanol–water partition coefficient (Wildman–Crippen LogP) is 2.27. The maximum atomic E-state index is 5.48. The highest BCUT2D eigenvalue weighted by Crippen LogP contribution is 2.11. The van der Waals surface area contributed by atoms with E-state index in [0.717, 1.165) is 11.4 Å². The van der Waals surface area contributed by atoms with Gasteiger partial charge in [0.25, 0.3) is 0 Å². The third-order valence-corrected chi connectivity index (χ3v) is 2.26. The first-order valence-electron chi connectivity index (χ1n) is 5.60. The molecule has 1 heterocycles. The second-order valence-corrected chi connectivity index (χ2v) is 3.73. The predicted molar refractivity (Wildman–Crippen MR) is 69.2 cm³/mol. The fourth-order valence-electron chi connectivity index (χ4n) is 1.47. The van der Waals surface area contributed by atoms with E-state index in [1.165, 1.54) is 7.11 Å². The summed E-state index contributed by atoms with van der Waals surface area (Å²) in [6.07, 6.45) is 1.85. The first-order chi connectivity index (χ1) is 8.79. The van der Waals surface area contributed by atoms with Crippen LogP contribution in [0.25, 0.3) is 5.69 Å². The van der Waals surface area contributed by atoms with Crippen LogP contribution in [0.2, 0.25) is 0 Å². The van der Waals surface area contributed by atoms with Gasteiger partial charge in [-0.3, -0.25) is 0 Å². The van der Waals surface area contributed by atoms with Crippen molar-refractivity contribution in [1.29, 1.82) is 0 Å². The molecule has 0 aliphatic heterocycles. The summed E-state index contributed by atoms with van der Waals surface area (Å²) < 4.78 is 7.24.